The van der Waals surface area contributed by atoms with E-state index in [4.69, 9.17) is 0 Å². The molecule has 112 valence electrons. The van der Waals surface area contributed by atoms with Crippen LogP contribution in [0.15, 0.2) is 18.2 Å². The highest BCUT2D eigenvalue weighted by atomic mass is 19.4. The highest BCUT2D eigenvalue weighted by Gasteiger charge is 2.32. The van der Waals surface area contributed by atoms with Crippen molar-refractivity contribution in [3.05, 3.63) is 29.3 Å². The van der Waals surface area contributed by atoms with Crippen molar-refractivity contribution in [1.29, 1.82) is 0 Å². The van der Waals surface area contributed by atoms with Crippen molar-refractivity contribution < 1.29 is 17.9 Å². The molecule has 1 fully saturated rings. The van der Waals surface area contributed by atoms with Gasteiger partial charge in [0, 0.05) is 38.3 Å². The molecule has 0 aromatic heterocycles. The van der Waals surface area contributed by atoms with E-state index < -0.39 is 6.36 Å². The molecular formula is C14H19F3N2O. The maximum Gasteiger partial charge on any atom is 0.573 e. The number of alkyl halides is 3. The second-order valence-corrected chi connectivity index (χ2v) is 5.24. The van der Waals surface area contributed by atoms with Crippen LogP contribution in [-0.4, -0.2) is 49.4 Å². The first kappa shape index (κ1) is 15.1. The average Bonchev–Trinajstić information content (AvgIpc) is 2.33. The van der Waals surface area contributed by atoms with Gasteiger partial charge in [0.1, 0.15) is 5.75 Å². The molecule has 0 bridgehead atoms. The third-order valence-electron chi connectivity index (χ3n) is 3.44. The van der Waals surface area contributed by atoms with Crippen molar-refractivity contribution in [3.8, 4) is 5.75 Å². The van der Waals surface area contributed by atoms with Crippen LogP contribution in [0.4, 0.5) is 13.2 Å². The van der Waals surface area contributed by atoms with Crippen molar-refractivity contribution in [2.75, 3.05) is 33.2 Å². The van der Waals surface area contributed by atoms with Gasteiger partial charge in [0.05, 0.1) is 0 Å². The minimum Gasteiger partial charge on any atom is -0.405 e. The number of halogens is 3. The third-order valence-corrected chi connectivity index (χ3v) is 3.44. The molecule has 1 aromatic carbocycles. The zero-order valence-corrected chi connectivity index (χ0v) is 11.7. The first-order valence-corrected chi connectivity index (χ1v) is 6.60. The van der Waals surface area contributed by atoms with Gasteiger partial charge in [0.2, 0.25) is 0 Å². The smallest absolute Gasteiger partial charge is 0.405 e. The summed E-state index contributed by atoms with van der Waals surface area (Å²) in [6, 6.07) is 4.97. The molecule has 0 unspecified atom stereocenters. The van der Waals surface area contributed by atoms with E-state index in [0.717, 1.165) is 31.7 Å². The molecule has 0 amide bonds. The monoisotopic (exact) mass is 288 g/mol. The number of rotatable bonds is 3. The Morgan fingerprint density at radius 2 is 1.80 bits per heavy atom. The summed E-state index contributed by atoms with van der Waals surface area (Å²) in [5, 5.41) is 0. The summed E-state index contributed by atoms with van der Waals surface area (Å²) in [6.45, 7) is 5.82. The van der Waals surface area contributed by atoms with Gasteiger partial charge in [0.15, 0.2) is 0 Å². The molecular weight excluding hydrogens is 269 g/mol. The standard InChI is InChI=1S/C14H19F3N2O/c1-11-3-4-12(13(9-11)20-14(15,16)17)10-19-7-5-18(2)6-8-19/h3-4,9H,5-8,10H2,1-2H3. The second-order valence-electron chi connectivity index (χ2n) is 5.24. The quantitative estimate of drug-likeness (QED) is 0.850. The molecule has 1 aliphatic rings. The minimum atomic E-state index is -4.65. The maximum atomic E-state index is 12.4. The van der Waals surface area contributed by atoms with E-state index in [1.807, 2.05) is 13.1 Å². The van der Waals surface area contributed by atoms with Crippen LogP contribution in [0.3, 0.4) is 0 Å². The Bertz CT molecular complexity index is 454. The van der Waals surface area contributed by atoms with Gasteiger partial charge < -0.3 is 9.64 Å². The fraction of sp³-hybridized carbons (Fsp3) is 0.571. The minimum absolute atomic E-state index is 0.0866. The predicted octanol–water partition coefficient (Wildman–Crippen LogP) is 2.64. The number of nitrogens with zero attached hydrogens (tertiary/aromatic N) is 2. The number of benzene rings is 1. The molecule has 0 aliphatic carbocycles. The number of ether oxygens (including phenoxy) is 1. The summed E-state index contributed by atoms with van der Waals surface area (Å²) in [5.74, 6) is -0.0866. The van der Waals surface area contributed by atoms with Crippen molar-refractivity contribution in [2.45, 2.75) is 19.8 Å². The van der Waals surface area contributed by atoms with Crippen molar-refractivity contribution in [3.63, 3.8) is 0 Å². The largest absolute Gasteiger partial charge is 0.573 e. The summed E-state index contributed by atoms with van der Waals surface area (Å²) in [5.41, 5.74) is 1.34. The van der Waals surface area contributed by atoms with Crippen LogP contribution in [0.2, 0.25) is 0 Å². The molecule has 1 heterocycles. The second kappa shape index (κ2) is 6.01. The fourth-order valence-corrected chi connectivity index (χ4v) is 2.26. The summed E-state index contributed by atoms with van der Waals surface area (Å²) < 4.78 is 41.5. The maximum absolute atomic E-state index is 12.4. The van der Waals surface area contributed by atoms with Crippen LogP contribution >= 0.6 is 0 Å². The summed E-state index contributed by atoms with van der Waals surface area (Å²) >= 11 is 0. The lowest BCUT2D eigenvalue weighted by atomic mass is 10.1. The van der Waals surface area contributed by atoms with Crippen LogP contribution in [0.25, 0.3) is 0 Å². The predicted molar refractivity (Wildman–Crippen MR) is 70.6 cm³/mol. The van der Waals surface area contributed by atoms with E-state index in [1.165, 1.54) is 6.07 Å². The van der Waals surface area contributed by atoms with Gasteiger partial charge in [-0.2, -0.15) is 0 Å². The molecule has 20 heavy (non-hydrogen) atoms. The topological polar surface area (TPSA) is 15.7 Å². The third kappa shape index (κ3) is 4.38. The van der Waals surface area contributed by atoms with Crippen molar-refractivity contribution in [2.24, 2.45) is 0 Å². The Morgan fingerprint density at radius 3 is 2.40 bits per heavy atom. The van der Waals surface area contributed by atoms with E-state index in [2.05, 4.69) is 14.5 Å². The number of piperazine rings is 1. The molecule has 1 aromatic rings. The zero-order valence-electron chi connectivity index (χ0n) is 11.7. The lowest BCUT2D eigenvalue weighted by Crippen LogP contribution is -2.43. The Morgan fingerprint density at radius 1 is 1.15 bits per heavy atom. The Labute approximate surface area is 116 Å². The lowest BCUT2D eigenvalue weighted by Gasteiger charge is -2.32. The van der Waals surface area contributed by atoms with Crippen LogP contribution in [-0.2, 0) is 6.54 Å². The lowest BCUT2D eigenvalue weighted by molar-refractivity contribution is -0.275. The summed E-state index contributed by atoms with van der Waals surface area (Å²) in [6.07, 6.45) is -4.65. The van der Waals surface area contributed by atoms with Gasteiger partial charge in [0.25, 0.3) is 0 Å². The van der Waals surface area contributed by atoms with Gasteiger partial charge in [-0.05, 0) is 25.6 Å². The van der Waals surface area contributed by atoms with E-state index in [0.29, 0.717) is 12.1 Å². The Balaban J connectivity index is 2.10. The molecule has 0 spiro atoms. The molecule has 0 atom stereocenters. The Kier molecular flexibility index (Phi) is 4.55. The van der Waals surface area contributed by atoms with Crippen molar-refractivity contribution in [1.82, 2.24) is 9.80 Å². The SMILES string of the molecule is Cc1ccc(CN2CCN(C)CC2)c(OC(F)(F)F)c1. The van der Waals surface area contributed by atoms with Gasteiger partial charge in [-0.3, -0.25) is 4.90 Å². The van der Waals surface area contributed by atoms with Gasteiger partial charge in [-0.1, -0.05) is 12.1 Å². The normalized spacial score (nSPS) is 18.2. The number of aryl methyl sites for hydroxylation is 1. The first-order chi connectivity index (χ1) is 9.33. The van der Waals surface area contributed by atoms with E-state index in [9.17, 15) is 13.2 Å². The Hall–Kier alpha value is -1.27. The van der Waals surface area contributed by atoms with Crippen molar-refractivity contribution >= 4 is 0 Å². The van der Waals surface area contributed by atoms with Gasteiger partial charge in [-0.15, -0.1) is 13.2 Å². The molecule has 3 nitrogen and oxygen atoms in total. The fourth-order valence-electron chi connectivity index (χ4n) is 2.26. The van der Waals surface area contributed by atoms with Crippen LogP contribution < -0.4 is 4.74 Å². The molecule has 1 aliphatic heterocycles. The van der Waals surface area contributed by atoms with E-state index in [-0.39, 0.29) is 5.75 Å². The van der Waals surface area contributed by atoms with E-state index in [1.54, 1.807) is 13.0 Å². The average molecular weight is 288 g/mol. The van der Waals surface area contributed by atoms with Crippen LogP contribution in [0.1, 0.15) is 11.1 Å². The highest BCUT2D eigenvalue weighted by molar-refractivity contribution is 5.37. The van der Waals surface area contributed by atoms with E-state index >= 15 is 0 Å². The number of likely N-dealkylation sites (N-methyl/N-ethyl adjacent to an activating group) is 1. The highest BCUT2D eigenvalue weighted by Crippen LogP contribution is 2.28. The molecule has 1 saturated heterocycles. The number of hydrogen-bond donors (Lipinski definition) is 0. The molecule has 2 rings (SSSR count). The van der Waals surface area contributed by atoms with Gasteiger partial charge in [-0.25, -0.2) is 0 Å². The van der Waals surface area contributed by atoms with Gasteiger partial charge >= 0.3 is 6.36 Å². The van der Waals surface area contributed by atoms with Crippen LogP contribution in [0.5, 0.6) is 5.75 Å². The number of hydrogen-bond acceptors (Lipinski definition) is 3. The molecule has 6 heteroatoms. The van der Waals surface area contributed by atoms with Crippen LogP contribution in [0, 0.1) is 6.92 Å². The molecule has 0 radical (unpaired) electrons. The summed E-state index contributed by atoms with van der Waals surface area (Å²) in [7, 11) is 2.04. The molecule has 0 saturated carbocycles. The molecule has 0 N–H and O–H groups in total. The summed E-state index contributed by atoms with van der Waals surface area (Å²) in [4.78, 5) is 4.35. The zero-order chi connectivity index (χ0) is 14.8. The first-order valence-electron chi connectivity index (χ1n) is 6.60.